The van der Waals surface area contributed by atoms with Gasteiger partial charge in [0.05, 0.1) is 6.42 Å². The highest BCUT2D eigenvalue weighted by Crippen LogP contribution is 2.29. The number of hydrogen-bond acceptors (Lipinski definition) is 4. The lowest BCUT2D eigenvalue weighted by Crippen LogP contribution is -2.48. The first-order valence-corrected chi connectivity index (χ1v) is 12.7. The van der Waals surface area contributed by atoms with Crippen molar-refractivity contribution in [2.75, 3.05) is 0 Å². The number of aliphatic carboxylic acids is 2. The summed E-state index contributed by atoms with van der Waals surface area (Å²) in [5.41, 5.74) is 0. The third-order valence-corrected chi connectivity index (χ3v) is 6.92. The molecule has 0 aliphatic carbocycles. The van der Waals surface area contributed by atoms with E-state index < -0.39 is 39.6 Å². The fourth-order valence-corrected chi connectivity index (χ4v) is 4.43. The standard InChI is InChI=1S/C22H40O7S/c1-2-3-4-5-6-7-8-9-10-11-12-13-14-15-16-17-18-22(21(25)26,19-20(23)24)30(27,28)29/h9-10H,2-8,11-19H2,1H3,(H,23,24)(H,25,26)(H,27,28,29)/b10-9-. The molecule has 0 aliphatic rings. The van der Waals surface area contributed by atoms with Gasteiger partial charge < -0.3 is 10.2 Å². The Morgan fingerprint density at radius 2 is 1.20 bits per heavy atom. The molecular weight excluding hydrogens is 408 g/mol. The molecule has 7 nitrogen and oxygen atoms in total. The number of rotatable bonds is 20. The summed E-state index contributed by atoms with van der Waals surface area (Å²) in [5, 5.41) is 18.1. The van der Waals surface area contributed by atoms with E-state index in [9.17, 15) is 27.7 Å². The summed E-state index contributed by atoms with van der Waals surface area (Å²) >= 11 is 0. The number of allylic oxidation sites excluding steroid dienone is 2. The molecule has 0 saturated heterocycles. The molecule has 0 saturated carbocycles. The van der Waals surface area contributed by atoms with Crippen LogP contribution in [0, 0.1) is 0 Å². The van der Waals surface area contributed by atoms with E-state index in [-0.39, 0.29) is 6.42 Å². The first-order valence-electron chi connectivity index (χ1n) is 11.2. The van der Waals surface area contributed by atoms with Gasteiger partial charge in [-0.25, -0.2) is 0 Å². The molecule has 0 heterocycles. The highest BCUT2D eigenvalue weighted by Gasteiger charge is 2.51. The van der Waals surface area contributed by atoms with Crippen LogP contribution >= 0.6 is 0 Å². The Morgan fingerprint density at radius 3 is 1.60 bits per heavy atom. The van der Waals surface area contributed by atoms with Crippen LogP contribution < -0.4 is 0 Å². The van der Waals surface area contributed by atoms with E-state index in [0.29, 0.717) is 6.42 Å². The van der Waals surface area contributed by atoms with Crippen molar-refractivity contribution in [3.63, 3.8) is 0 Å². The van der Waals surface area contributed by atoms with Crippen molar-refractivity contribution in [1.82, 2.24) is 0 Å². The van der Waals surface area contributed by atoms with Gasteiger partial charge in [0.25, 0.3) is 10.1 Å². The Labute approximate surface area is 181 Å². The maximum absolute atomic E-state index is 11.5. The molecule has 0 fully saturated rings. The molecule has 1 unspecified atom stereocenters. The van der Waals surface area contributed by atoms with Crippen LogP contribution in [0.2, 0.25) is 0 Å². The molecule has 176 valence electrons. The normalized spacial score (nSPS) is 14.1. The van der Waals surface area contributed by atoms with Crippen LogP contribution in [0.3, 0.4) is 0 Å². The minimum atomic E-state index is -5.03. The highest BCUT2D eigenvalue weighted by atomic mass is 32.2. The summed E-state index contributed by atoms with van der Waals surface area (Å²) < 4.78 is 29.7. The van der Waals surface area contributed by atoms with Crippen LogP contribution in [0.4, 0.5) is 0 Å². The Kier molecular flexibility index (Phi) is 15.5. The van der Waals surface area contributed by atoms with Gasteiger partial charge in [-0.05, 0) is 32.1 Å². The second-order valence-electron chi connectivity index (χ2n) is 8.03. The minimum Gasteiger partial charge on any atom is -0.481 e. The zero-order valence-corrected chi connectivity index (χ0v) is 19.2. The second kappa shape index (κ2) is 16.3. The highest BCUT2D eigenvalue weighted by molar-refractivity contribution is 7.88. The lowest BCUT2D eigenvalue weighted by atomic mass is 9.96. The van der Waals surface area contributed by atoms with Gasteiger partial charge in [0.2, 0.25) is 4.75 Å². The van der Waals surface area contributed by atoms with Gasteiger partial charge in [-0.2, -0.15) is 8.42 Å². The molecule has 0 amide bonds. The van der Waals surface area contributed by atoms with Crippen molar-refractivity contribution in [3.05, 3.63) is 12.2 Å². The van der Waals surface area contributed by atoms with Crippen LogP contribution in [0.1, 0.15) is 110 Å². The van der Waals surface area contributed by atoms with Crippen LogP contribution in [-0.2, 0) is 19.7 Å². The zero-order chi connectivity index (χ0) is 22.9. The average Bonchev–Trinajstić information content (AvgIpc) is 2.65. The summed E-state index contributed by atoms with van der Waals surface area (Å²) in [5.74, 6) is -3.39. The molecule has 8 heteroatoms. The molecule has 1 atom stereocenters. The SMILES string of the molecule is CCCCCCCC/C=C\CCCCCCCCC(CC(=O)O)(C(=O)O)S(=O)(=O)O. The fraction of sp³-hybridized carbons (Fsp3) is 0.818. The molecule has 0 aliphatic heterocycles. The quantitative estimate of drug-likeness (QED) is 0.126. The van der Waals surface area contributed by atoms with Gasteiger partial charge in [-0.15, -0.1) is 0 Å². The molecule has 0 aromatic heterocycles. The maximum atomic E-state index is 11.5. The van der Waals surface area contributed by atoms with Gasteiger partial charge in [0, 0.05) is 0 Å². The van der Waals surface area contributed by atoms with E-state index >= 15 is 0 Å². The molecule has 3 N–H and O–H groups in total. The van der Waals surface area contributed by atoms with Crippen LogP contribution in [0.25, 0.3) is 0 Å². The van der Waals surface area contributed by atoms with Crippen molar-refractivity contribution >= 4 is 22.1 Å². The molecule has 0 bridgehead atoms. The minimum absolute atomic E-state index is 0.234. The van der Waals surface area contributed by atoms with Crippen molar-refractivity contribution in [1.29, 1.82) is 0 Å². The van der Waals surface area contributed by atoms with Gasteiger partial charge in [0.1, 0.15) is 0 Å². The molecule has 0 aromatic rings. The number of carboxylic acids is 2. The van der Waals surface area contributed by atoms with Crippen LogP contribution in [-0.4, -0.2) is 39.9 Å². The van der Waals surface area contributed by atoms with Crippen molar-refractivity contribution in [2.24, 2.45) is 0 Å². The number of unbranched alkanes of at least 4 members (excludes halogenated alkanes) is 12. The molecule has 0 rings (SSSR count). The summed E-state index contributed by atoms with van der Waals surface area (Å²) in [6.07, 6.45) is 17.7. The number of carbonyl (C=O) groups is 2. The molecular formula is C22H40O7S. The first-order chi connectivity index (χ1) is 14.2. The summed E-state index contributed by atoms with van der Waals surface area (Å²) in [6, 6.07) is 0. The van der Waals surface area contributed by atoms with E-state index in [0.717, 1.165) is 38.5 Å². The first kappa shape index (κ1) is 28.6. The van der Waals surface area contributed by atoms with E-state index in [2.05, 4.69) is 19.1 Å². The predicted octanol–water partition coefficient (Wildman–Crippen LogP) is 5.60. The monoisotopic (exact) mass is 448 g/mol. The third-order valence-electron chi connectivity index (χ3n) is 5.41. The molecule has 0 aromatic carbocycles. The Bertz CT molecular complexity index is 613. The smallest absolute Gasteiger partial charge is 0.328 e. The molecule has 0 radical (unpaired) electrons. The molecule has 30 heavy (non-hydrogen) atoms. The summed E-state index contributed by atoms with van der Waals surface area (Å²) in [6.45, 7) is 2.22. The lowest BCUT2D eigenvalue weighted by molar-refractivity contribution is -0.147. The Hall–Kier alpha value is -1.41. The predicted molar refractivity (Wildman–Crippen MR) is 118 cm³/mol. The fourth-order valence-electron chi connectivity index (χ4n) is 3.50. The van der Waals surface area contributed by atoms with Gasteiger partial charge in [-0.3, -0.25) is 14.1 Å². The lowest BCUT2D eigenvalue weighted by Gasteiger charge is -2.24. The Morgan fingerprint density at radius 1 is 0.767 bits per heavy atom. The summed E-state index contributed by atoms with van der Waals surface area (Å²) in [7, 11) is -5.03. The Balaban J connectivity index is 3.91. The zero-order valence-electron chi connectivity index (χ0n) is 18.4. The van der Waals surface area contributed by atoms with Crippen molar-refractivity contribution < 1.29 is 32.8 Å². The van der Waals surface area contributed by atoms with Gasteiger partial charge in [0.15, 0.2) is 0 Å². The van der Waals surface area contributed by atoms with Gasteiger partial charge >= 0.3 is 11.9 Å². The van der Waals surface area contributed by atoms with E-state index in [1.165, 1.54) is 38.5 Å². The topological polar surface area (TPSA) is 129 Å². The van der Waals surface area contributed by atoms with Crippen LogP contribution in [0.15, 0.2) is 12.2 Å². The van der Waals surface area contributed by atoms with E-state index in [4.69, 9.17) is 5.11 Å². The second-order valence-corrected chi connectivity index (χ2v) is 9.76. The average molecular weight is 449 g/mol. The van der Waals surface area contributed by atoms with Crippen molar-refractivity contribution in [3.8, 4) is 0 Å². The summed E-state index contributed by atoms with van der Waals surface area (Å²) in [4.78, 5) is 22.3. The largest absolute Gasteiger partial charge is 0.481 e. The van der Waals surface area contributed by atoms with Crippen LogP contribution in [0.5, 0.6) is 0 Å². The maximum Gasteiger partial charge on any atom is 0.328 e. The van der Waals surface area contributed by atoms with Crippen molar-refractivity contribution in [2.45, 2.75) is 114 Å². The van der Waals surface area contributed by atoms with E-state index in [1.54, 1.807) is 0 Å². The van der Waals surface area contributed by atoms with Gasteiger partial charge in [-0.1, -0.05) is 83.3 Å². The number of hydrogen-bond donors (Lipinski definition) is 3. The molecule has 0 spiro atoms. The third kappa shape index (κ3) is 12.3. The number of carboxylic acid groups (broad SMARTS) is 2. The van der Waals surface area contributed by atoms with E-state index in [1.807, 2.05) is 0 Å².